The molecule has 0 aliphatic carbocycles. The van der Waals surface area contributed by atoms with Crippen molar-refractivity contribution >= 4 is 8.32 Å². The molecule has 0 unspecified atom stereocenters. The number of hydrogen-bond acceptors (Lipinski definition) is 1. The van der Waals surface area contributed by atoms with Gasteiger partial charge >= 0.3 is 0 Å². The van der Waals surface area contributed by atoms with Gasteiger partial charge < -0.3 is 9.85 Å². The van der Waals surface area contributed by atoms with E-state index < -0.39 is 8.32 Å². The first kappa shape index (κ1) is 11.5. The van der Waals surface area contributed by atoms with Crippen LogP contribution in [0.4, 0.5) is 0 Å². The second-order valence-electron chi connectivity index (χ2n) is 3.28. The molecule has 0 spiro atoms. The van der Waals surface area contributed by atoms with Gasteiger partial charge in [0.2, 0.25) is 0 Å². The topological polar surface area (TPSA) is 27.7 Å². The molecule has 0 fully saturated rings. The van der Waals surface area contributed by atoms with Gasteiger partial charge in [0.25, 0.3) is 6.57 Å². The van der Waals surface area contributed by atoms with Crippen LogP contribution >= 0.6 is 0 Å². The minimum Gasteiger partial charge on any atom is -0.418 e. The number of hydrogen-bond donors (Lipinski definition) is 0. The molecule has 0 radical (unpaired) electrons. The van der Waals surface area contributed by atoms with Gasteiger partial charge in [-0.05, 0) is 26.1 Å². The van der Waals surface area contributed by atoms with Crippen molar-refractivity contribution in [2.24, 2.45) is 0 Å². The van der Waals surface area contributed by atoms with Crippen LogP contribution in [0, 0.1) is 6.57 Å². The average molecular weight is 186 g/mol. The van der Waals surface area contributed by atoms with Gasteiger partial charge in [0.05, 0.1) is 0 Å². The zero-order valence-corrected chi connectivity index (χ0v) is 9.21. The fourth-order valence-corrected chi connectivity index (χ4v) is 3.03. The van der Waals surface area contributed by atoms with Crippen LogP contribution in [0.1, 0.15) is 13.3 Å². The molecule has 0 rings (SSSR count). The molecule has 0 saturated carbocycles. The van der Waals surface area contributed by atoms with Crippen molar-refractivity contribution in [1.82, 2.24) is 0 Å². The second kappa shape index (κ2) is 6.04. The Balaban J connectivity index is 3.41. The van der Waals surface area contributed by atoms with E-state index in [4.69, 9.17) is 11.0 Å². The van der Waals surface area contributed by atoms with E-state index in [1.54, 1.807) is 0 Å². The first-order chi connectivity index (χ1) is 5.62. The van der Waals surface area contributed by atoms with Gasteiger partial charge in [-0.1, -0.05) is 13.0 Å². The Morgan fingerprint density at radius 3 is 2.67 bits per heavy atom. The Morgan fingerprint density at radius 2 is 2.17 bits per heavy atom. The summed E-state index contributed by atoms with van der Waals surface area (Å²) in [6, 6.07) is 1.12. The molecule has 12 heavy (non-hydrogen) atoms. The zero-order chi connectivity index (χ0) is 9.45. The maximum atomic E-state index is 5.64. The molecule has 0 aliphatic heterocycles. The van der Waals surface area contributed by atoms with Crippen LogP contribution in [0.25, 0.3) is 10.4 Å². The Morgan fingerprint density at radius 1 is 1.50 bits per heavy atom. The summed E-state index contributed by atoms with van der Waals surface area (Å²) in [6.45, 7) is 12.9. The summed E-state index contributed by atoms with van der Waals surface area (Å²) in [7, 11) is -1.40. The van der Waals surface area contributed by atoms with Crippen molar-refractivity contribution in [1.29, 1.82) is 0 Å². The fourth-order valence-electron chi connectivity index (χ4n) is 1.10. The van der Waals surface area contributed by atoms with Crippen LogP contribution in [0.15, 0.2) is 0 Å². The molecule has 0 heterocycles. The first-order valence-corrected chi connectivity index (χ1v) is 7.44. The summed E-state index contributed by atoms with van der Waals surface area (Å²) in [5.41, 5.74) is 3.70. The zero-order valence-electron chi connectivity index (χ0n) is 8.21. The van der Waals surface area contributed by atoms with Crippen LogP contribution in [0.2, 0.25) is 19.1 Å². The molecular weight excluding hydrogens is 168 g/mol. The highest BCUT2D eigenvalue weighted by Gasteiger charge is 2.19. The first-order valence-electron chi connectivity index (χ1n) is 4.33. The van der Waals surface area contributed by atoms with E-state index in [2.05, 4.69) is 23.5 Å². The number of rotatable bonds is 6. The summed E-state index contributed by atoms with van der Waals surface area (Å²) in [6.07, 6.45) is 1.03. The normalized spacial score (nSPS) is 10.8. The molecule has 0 N–H and O–H groups in total. The SMILES string of the molecule is C#[N+][N-]CCC[Si](C)(C)OCC. The largest absolute Gasteiger partial charge is 0.418 e. The van der Waals surface area contributed by atoms with Crippen LogP contribution in [-0.4, -0.2) is 21.5 Å². The van der Waals surface area contributed by atoms with Crippen molar-refractivity contribution in [3.63, 3.8) is 0 Å². The van der Waals surface area contributed by atoms with Crippen LogP contribution in [0.3, 0.4) is 0 Å². The molecule has 3 nitrogen and oxygen atoms in total. The van der Waals surface area contributed by atoms with E-state index >= 15 is 0 Å². The molecule has 0 amide bonds. The molecule has 0 aliphatic rings. The molecule has 0 saturated heterocycles. The Hall–Kier alpha value is -0.533. The van der Waals surface area contributed by atoms with Crippen molar-refractivity contribution in [2.75, 3.05) is 13.2 Å². The molecule has 4 heteroatoms. The minimum absolute atomic E-state index is 0.722. The van der Waals surface area contributed by atoms with E-state index in [1.165, 1.54) is 0 Å². The van der Waals surface area contributed by atoms with Gasteiger partial charge in [-0.2, -0.15) is 0 Å². The molecule has 0 atom stereocenters. The lowest BCUT2D eigenvalue weighted by Gasteiger charge is -2.21. The second-order valence-corrected chi connectivity index (χ2v) is 7.58. The molecule has 70 valence electrons. The monoisotopic (exact) mass is 186 g/mol. The molecule has 0 aromatic carbocycles. The molecular formula is C8H18N2OSi. The van der Waals surface area contributed by atoms with E-state index in [-0.39, 0.29) is 0 Å². The summed E-state index contributed by atoms with van der Waals surface area (Å²) in [5, 5.41) is 0. The minimum atomic E-state index is -1.40. The van der Waals surface area contributed by atoms with Crippen LogP contribution in [-0.2, 0) is 4.43 Å². The lowest BCUT2D eigenvalue weighted by Crippen LogP contribution is -2.30. The van der Waals surface area contributed by atoms with Crippen molar-refractivity contribution in [2.45, 2.75) is 32.5 Å². The standard InChI is InChI=1S/C8H18N2OSi/c1-5-11-12(3,4)8-6-7-10-9-2/h2H,5-8H2,1,3-4H3. The van der Waals surface area contributed by atoms with Crippen molar-refractivity contribution in [3.8, 4) is 6.57 Å². The summed E-state index contributed by atoms with van der Waals surface area (Å²) in [4.78, 5) is 3.20. The third kappa shape index (κ3) is 6.19. The smallest absolute Gasteiger partial charge is 0.256 e. The van der Waals surface area contributed by atoms with Gasteiger partial charge in [-0.15, -0.1) is 4.95 Å². The predicted octanol–water partition coefficient (Wildman–Crippen LogP) is 2.87. The highest BCUT2D eigenvalue weighted by atomic mass is 28.4. The highest BCUT2D eigenvalue weighted by molar-refractivity contribution is 6.71. The fraction of sp³-hybridized carbons (Fsp3) is 0.875. The van der Waals surface area contributed by atoms with Gasteiger partial charge in [0.1, 0.15) is 0 Å². The quantitative estimate of drug-likeness (QED) is 0.356. The van der Waals surface area contributed by atoms with Gasteiger partial charge in [-0.3, -0.25) is 0 Å². The average Bonchev–Trinajstić information content (AvgIpc) is 1.98. The lowest BCUT2D eigenvalue weighted by molar-refractivity contribution is 0.328. The maximum absolute atomic E-state index is 5.64. The molecule has 0 aromatic rings. The Kier molecular flexibility index (Phi) is 5.77. The Bertz CT molecular complexity index is 154. The Labute approximate surface area is 76.0 Å². The van der Waals surface area contributed by atoms with E-state index in [9.17, 15) is 0 Å². The highest BCUT2D eigenvalue weighted by Crippen LogP contribution is 2.14. The van der Waals surface area contributed by atoms with Crippen LogP contribution in [0.5, 0.6) is 0 Å². The van der Waals surface area contributed by atoms with E-state index in [0.717, 1.165) is 25.6 Å². The maximum Gasteiger partial charge on any atom is 0.256 e. The third-order valence-corrected chi connectivity index (χ3v) is 4.28. The van der Waals surface area contributed by atoms with Crippen LogP contribution < -0.4 is 0 Å². The van der Waals surface area contributed by atoms with Crippen molar-refractivity contribution < 1.29 is 4.43 Å². The number of nitrogens with zero attached hydrogens (tertiary/aromatic N) is 2. The molecule has 0 bridgehead atoms. The third-order valence-electron chi connectivity index (χ3n) is 1.65. The summed E-state index contributed by atoms with van der Waals surface area (Å²) in [5.74, 6) is 0. The predicted molar refractivity (Wildman–Crippen MR) is 55.1 cm³/mol. The van der Waals surface area contributed by atoms with Gasteiger partial charge in [0.15, 0.2) is 8.32 Å². The molecule has 0 aromatic heterocycles. The lowest BCUT2D eigenvalue weighted by atomic mass is 10.5. The van der Waals surface area contributed by atoms with E-state index in [1.807, 2.05) is 6.92 Å². The van der Waals surface area contributed by atoms with Gasteiger partial charge in [-0.25, -0.2) is 0 Å². The van der Waals surface area contributed by atoms with Crippen molar-refractivity contribution in [3.05, 3.63) is 10.4 Å². The summed E-state index contributed by atoms with van der Waals surface area (Å²) >= 11 is 0. The van der Waals surface area contributed by atoms with E-state index in [0.29, 0.717) is 0 Å². The van der Waals surface area contributed by atoms with Gasteiger partial charge in [0, 0.05) is 6.61 Å². The summed E-state index contributed by atoms with van der Waals surface area (Å²) < 4.78 is 5.64.